The van der Waals surface area contributed by atoms with Gasteiger partial charge in [0.2, 0.25) is 0 Å². The normalized spacial score (nSPS) is 11.1. The molecule has 0 aliphatic carbocycles. The first-order valence-electron chi connectivity index (χ1n) is 10.5. The zero-order valence-electron chi connectivity index (χ0n) is 20.4. The summed E-state index contributed by atoms with van der Waals surface area (Å²) >= 11 is 0. The van der Waals surface area contributed by atoms with E-state index in [1.165, 1.54) is 33.4 Å². The molecular formula is C25H38N2O4. The van der Waals surface area contributed by atoms with E-state index in [-0.39, 0.29) is 0 Å². The molecule has 6 nitrogen and oxygen atoms in total. The van der Waals surface area contributed by atoms with Gasteiger partial charge in [-0.05, 0) is 64.1 Å². The highest BCUT2D eigenvalue weighted by molar-refractivity contribution is 5.58. The Morgan fingerprint density at radius 2 is 0.774 bits per heavy atom. The fourth-order valence-corrected chi connectivity index (χ4v) is 3.84. The number of benzene rings is 2. The lowest BCUT2D eigenvalue weighted by molar-refractivity contribution is 0.177. The van der Waals surface area contributed by atoms with E-state index >= 15 is 0 Å². The van der Waals surface area contributed by atoms with Crippen molar-refractivity contribution in [2.24, 2.45) is 0 Å². The molecule has 0 aliphatic rings. The summed E-state index contributed by atoms with van der Waals surface area (Å²) in [6.07, 6.45) is 0.760. The first kappa shape index (κ1) is 25.1. The molecule has 0 unspecified atom stereocenters. The maximum atomic E-state index is 5.56. The van der Waals surface area contributed by atoms with Gasteiger partial charge in [-0.3, -0.25) is 0 Å². The highest BCUT2D eigenvalue weighted by Crippen LogP contribution is 2.31. The predicted molar refractivity (Wildman–Crippen MR) is 127 cm³/mol. The van der Waals surface area contributed by atoms with Gasteiger partial charge in [0.1, 0.15) is 0 Å². The number of anilines is 2. The summed E-state index contributed by atoms with van der Waals surface area (Å²) in [5.41, 5.74) is 9.44. The average molecular weight is 431 g/mol. The molecule has 2 aromatic rings. The first-order chi connectivity index (χ1) is 14.9. The largest absolute Gasteiger partial charge is 0.380 e. The van der Waals surface area contributed by atoms with Crippen molar-refractivity contribution in [2.45, 2.75) is 32.8 Å². The van der Waals surface area contributed by atoms with Crippen molar-refractivity contribution in [2.75, 3.05) is 66.4 Å². The molecule has 0 saturated carbocycles. The van der Waals surface area contributed by atoms with E-state index in [4.69, 9.17) is 18.9 Å². The molecule has 0 saturated heterocycles. The third-order valence-electron chi connectivity index (χ3n) is 5.42. The number of nitrogens with zero attached hydrogens (tertiary/aromatic N) is 2. The summed E-state index contributed by atoms with van der Waals surface area (Å²) in [6.45, 7) is 2.18. The van der Waals surface area contributed by atoms with Crippen LogP contribution in [-0.2, 0) is 51.8 Å². The van der Waals surface area contributed by atoms with Crippen molar-refractivity contribution < 1.29 is 18.9 Å². The molecular weight excluding hydrogens is 392 g/mol. The van der Waals surface area contributed by atoms with Gasteiger partial charge in [0.25, 0.3) is 0 Å². The maximum absolute atomic E-state index is 5.56. The van der Waals surface area contributed by atoms with Crippen molar-refractivity contribution in [1.29, 1.82) is 0 Å². The third-order valence-corrected chi connectivity index (χ3v) is 5.42. The van der Waals surface area contributed by atoms with E-state index in [1.807, 2.05) is 0 Å². The Labute approximate surface area is 187 Å². The lowest BCUT2D eigenvalue weighted by Crippen LogP contribution is -2.15. The molecule has 0 bridgehead atoms. The van der Waals surface area contributed by atoms with E-state index in [9.17, 15) is 0 Å². The Morgan fingerprint density at radius 3 is 0.968 bits per heavy atom. The summed E-state index contributed by atoms with van der Waals surface area (Å²) in [5.74, 6) is 0. The molecule has 0 amide bonds. The van der Waals surface area contributed by atoms with Gasteiger partial charge in [-0.25, -0.2) is 0 Å². The Bertz CT molecular complexity index is 726. The van der Waals surface area contributed by atoms with Gasteiger partial charge in [-0.15, -0.1) is 0 Å². The molecule has 0 atom stereocenters. The Morgan fingerprint density at radius 1 is 0.516 bits per heavy atom. The van der Waals surface area contributed by atoms with Crippen LogP contribution in [0.1, 0.15) is 33.4 Å². The number of rotatable bonds is 12. The second kappa shape index (κ2) is 12.1. The summed E-state index contributed by atoms with van der Waals surface area (Å²) < 4.78 is 22.3. The van der Waals surface area contributed by atoms with Crippen LogP contribution < -0.4 is 9.80 Å². The van der Waals surface area contributed by atoms with Gasteiger partial charge in [0, 0.05) is 68.0 Å². The lowest BCUT2D eigenvalue weighted by Gasteiger charge is -2.24. The van der Waals surface area contributed by atoms with Crippen molar-refractivity contribution in [3.8, 4) is 0 Å². The van der Waals surface area contributed by atoms with Crippen LogP contribution in [0.3, 0.4) is 0 Å². The van der Waals surface area contributed by atoms with Crippen molar-refractivity contribution in [3.05, 3.63) is 57.6 Å². The first-order valence-corrected chi connectivity index (χ1v) is 10.5. The number of hydrogen-bond donors (Lipinski definition) is 0. The molecule has 6 heteroatoms. The number of ether oxygens (including phenoxy) is 4. The molecule has 0 spiro atoms. The van der Waals surface area contributed by atoms with E-state index in [0.29, 0.717) is 26.4 Å². The Kier molecular flexibility index (Phi) is 9.78. The smallest absolute Gasteiger partial charge is 0.0716 e. The second-order valence-corrected chi connectivity index (χ2v) is 8.18. The van der Waals surface area contributed by atoms with Crippen LogP contribution >= 0.6 is 0 Å². The molecule has 2 rings (SSSR count). The van der Waals surface area contributed by atoms with Crippen LogP contribution in [0.5, 0.6) is 0 Å². The molecule has 2 aromatic carbocycles. The monoisotopic (exact) mass is 430 g/mol. The Hall–Kier alpha value is -2.12. The van der Waals surface area contributed by atoms with Crippen LogP contribution in [-0.4, -0.2) is 56.6 Å². The molecule has 0 N–H and O–H groups in total. The zero-order valence-corrected chi connectivity index (χ0v) is 20.4. The Balaban J connectivity index is 2.69. The van der Waals surface area contributed by atoms with Crippen molar-refractivity contribution in [1.82, 2.24) is 0 Å². The van der Waals surface area contributed by atoms with Gasteiger partial charge in [0.05, 0.1) is 26.4 Å². The summed E-state index contributed by atoms with van der Waals surface area (Å²) in [4.78, 5) is 4.22. The fraction of sp³-hybridized carbons (Fsp3) is 0.520. The van der Waals surface area contributed by atoms with Crippen LogP contribution in [0.25, 0.3) is 0 Å². The quantitative estimate of drug-likeness (QED) is 0.507. The zero-order chi connectivity index (χ0) is 23.0. The number of hydrogen-bond acceptors (Lipinski definition) is 6. The highest BCUT2D eigenvalue weighted by Gasteiger charge is 2.18. The molecule has 0 fully saturated rings. The fourth-order valence-electron chi connectivity index (χ4n) is 3.84. The maximum Gasteiger partial charge on any atom is 0.0716 e. The standard InChI is InChI=1S/C25H38N2O4/c1-26(2)22-9-18(14-28-5)24(19(10-22)15-29-6)13-25-20(16-30-7)11-23(27(3)4)12-21(25)17-31-8/h9-12H,13-17H2,1-8H3. The molecule has 31 heavy (non-hydrogen) atoms. The molecule has 0 heterocycles. The van der Waals surface area contributed by atoms with Crippen LogP contribution in [0.15, 0.2) is 24.3 Å². The SMILES string of the molecule is COCc1cc(N(C)C)cc(COC)c1Cc1c(COC)cc(N(C)C)cc1COC. The summed E-state index contributed by atoms with van der Waals surface area (Å²) in [5, 5.41) is 0. The molecule has 172 valence electrons. The summed E-state index contributed by atoms with van der Waals surface area (Å²) in [6, 6.07) is 8.83. The van der Waals surface area contributed by atoms with Gasteiger partial charge in [-0.1, -0.05) is 0 Å². The summed E-state index contributed by atoms with van der Waals surface area (Å²) in [7, 11) is 15.2. The third kappa shape index (κ3) is 6.43. The van der Waals surface area contributed by atoms with Gasteiger partial charge < -0.3 is 28.7 Å². The predicted octanol–water partition coefficient (Wildman–Crippen LogP) is 4.00. The topological polar surface area (TPSA) is 43.4 Å². The van der Waals surface area contributed by atoms with Crippen LogP contribution in [0.2, 0.25) is 0 Å². The van der Waals surface area contributed by atoms with Gasteiger partial charge in [-0.2, -0.15) is 0 Å². The minimum atomic E-state index is 0.544. The molecule has 0 aliphatic heterocycles. The molecule has 0 radical (unpaired) electrons. The lowest BCUT2D eigenvalue weighted by atomic mass is 9.89. The second-order valence-electron chi connectivity index (χ2n) is 8.18. The van der Waals surface area contributed by atoms with E-state index in [2.05, 4.69) is 62.3 Å². The van der Waals surface area contributed by atoms with Gasteiger partial charge in [0.15, 0.2) is 0 Å². The average Bonchev–Trinajstić information content (AvgIpc) is 2.72. The van der Waals surface area contributed by atoms with E-state index in [0.717, 1.165) is 17.8 Å². The minimum absolute atomic E-state index is 0.544. The van der Waals surface area contributed by atoms with Crippen molar-refractivity contribution in [3.63, 3.8) is 0 Å². The van der Waals surface area contributed by atoms with Crippen molar-refractivity contribution >= 4 is 11.4 Å². The van der Waals surface area contributed by atoms with Crippen LogP contribution in [0, 0.1) is 0 Å². The van der Waals surface area contributed by atoms with E-state index in [1.54, 1.807) is 28.4 Å². The minimum Gasteiger partial charge on any atom is -0.380 e. The van der Waals surface area contributed by atoms with E-state index < -0.39 is 0 Å². The van der Waals surface area contributed by atoms with Gasteiger partial charge >= 0.3 is 0 Å². The highest BCUT2D eigenvalue weighted by atomic mass is 16.5. The molecule has 0 aromatic heterocycles. The number of methoxy groups -OCH3 is 4. The van der Waals surface area contributed by atoms with Crippen LogP contribution in [0.4, 0.5) is 11.4 Å².